The molecule has 0 heterocycles. The lowest BCUT2D eigenvalue weighted by molar-refractivity contribution is -0.113. The predicted octanol–water partition coefficient (Wildman–Crippen LogP) is 14.4. The van der Waals surface area contributed by atoms with Gasteiger partial charge in [-0.1, -0.05) is 113 Å². The van der Waals surface area contributed by atoms with Gasteiger partial charge < -0.3 is 53.3 Å². The van der Waals surface area contributed by atoms with Crippen molar-refractivity contribution in [2.24, 2.45) is 11.8 Å². The second kappa shape index (κ2) is 21.3. The van der Waals surface area contributed by atoms with Crippen LogP contribution in [0.25, 0.3) is 44.6 Å². The van der Waals surface area contributed by atoms with Crippen molar-refractivity contribution in [2.45, 2.75) is 41.5 Å². The number of aromatic hydroxyl groups is 2. The summed E-state index contributed by atoms with van der Waals surface area (Å²) in [7, 11) is 0. The van der Waals surface area contributed by atoms with Crippen LogP contribution in [0.5, 0.6) is 11.5 Å². The first-order chi connectivity index (χ1) is 38.3. The number of fused-ring (bicyclic) bond motifs is 2. The number of aryl methyl sites for hydroxylation is 2. The molecule has 6 aromatic rings. The number of carbonyl (C=O) groups excluding carboxylic acids is 2. The number of hydrogen-bond acceptors (Lipinski definition) is 12. The Morgan fingerprint density at radius 1 is 0.475 bits per heavy atom. The molecular weight excluding hydrogens is 997 g/mol. The van der Waals surface area contributed by atoms with Crippen LogP contribution in [0.3, 0.4) is 0 Å². The number of Topliss-reactive ketones (excluding diaryl/α,β-unsaturated/α-hetero) is 2. The summed E-state index contributed by atoms with van der Waals surface area (Å²) >= 11 is 0. The van der Waals surface area contributed by atoms with Crippen molar-refractivity contribution in [2.75, 3.05) is 22.1 Å². The van der Waals surface area contributed by atoms with Crippen LogP contribution in [0.4, 0.5) is 22.7 Å². The van der Waals surface area contributed by atoms with E-state index in [9.17, 15) is 30.0 Å². The first kappa shape index (κ1) is 53.2. The molecule has 4 aliphatic rings. The Kier molecular flexibility index (Phi) is 14.2. The highest BCUT2D eigenvalue weighted by molar-refractivity contribution is 6.35. The molecule has 80 heavy (non-hydrogen) atoms. The molecule has 12 N–H and O–H groups in total. The number of benzene rings is 6. The number of rotatable bonds is 11. The number of aliphatic hydroxyl groups is 2. The summed E-state index contributed by atoms with van der Waals surface area (Å²) < 4.78 is 0. The standard InChI is InChI=1S/C68H60N6O6/c1-35(2)55-51-29-37(5)57(65(77)61(51)53(63(75)67(55)79)33-73-49-11-7-9-43(31-49)59(39-13-21-45(69)22-14-39)40-15-23-46(70)24-16-40)58-38(6)30-52-56(36(3)4)68(80)64(76)54(62(52)66(58)78)34-74-50-12-8-10-44(32-50)60(41-17-25-47(71)26-18-41)42-19-27-48(72)28-20-42/h7-36,69,71,73-74,77-80H,70,72H2,1-6H3/b53-33-,54-34-,59-39?,60-41?,69-45?,71-47?. The molecule has 10 rings (SSSR count). The highest BCUT2D eigenvalue weighted by Crippen LogP contribution is 2.54. The third-order valence-corrected chi connectivity index (χ3v) is 14.8. The zero-order valence-corrected chi connectivity index (χ0v) is 45.1. The van der Waals surface area contributed by atoms with Gasteiger partial charge in [-0.2, -0.15) is 0 Å². The Morgan fingerprint density at radius 2 is 0.825 bits per heavy atom. The molecule has 398 valence electrons. The molecule has 0 saturated heterocycles. The van der Waals surface area contributed by atoms with Crippen molar-refractivity contribution in [1.82, 2.24) is 0 Å². The second-order valence-corrected chi connectivity index (χ2v) is 20.9. The second-order valence-electron chi connectivity index (χ2n) is 20.9. The largest absolute Gasteiger partial charge is 0.507 e. The normalized spacial score (nSPS) is 15.9. The number of phenols is 2. The summed E-state index contributed by atoms with van der Waals surface area (Å²) in [5.74, 6) is -3.70. The van der Waals surface area contributed by atoms with E-state index in [1.807, 2.05) is 149 Å². The average molecular weight is 1060 g/mol. The van der Waals surface area contributed by atoms with E-state index in [-0.39, 0.29) is 56.7 Å². The summed E-state index contributed by atoms with van der Waals surface area (Å²) in [4.78, 5) is 29.1. The summed E-state index contributed by atoms with van der Waals surface area (Å²) in [6, 6.07) is 33.8. The number of carbonyl (C=O) groups is 2. The van der Waals surface area contributed by atoms with Gasteiger partial charge in [0, 0.05) is 68.5 Å². The first-order valence-electron chi connectivity index (χ1n) is 26.3. The van der Waals surface area contributed by atoms with Crippen LogP contribution < -0.4 is 22.1 Å². The van der Waals surface area contributed by atoms with E-state index in [2.05, 4.69) is 10.6 Å². The van der Waals surface area contributed by atoms with Gasteiger partial charge in [0.25, 0.3) is 0 Å². The van der Waals surface area contributed by atoms with Crippen LogP contribution >= 0.6 is 0 Å². The van der Waals surface area contributed by atoms with Crippen LogP contribution in [0, 0.1) is 36.5 Å². The summed E-state index contributed by atoms with van der Waals surface area (Å²) in [5, 5.41) is 72.0. The van der Waals surface area contributed by atoms with E-state index < -0.39 is 23.1 Å². The number of phenolic OH excluding ortho intramolecular Hbond substituents is 2. The molecule has 6 aromatic carbocycles. The molecule has 0 unspecified atom stereocenters. The Bertz CT molecular complexity index is 3720. The molecule has 4 aliphatic carbocycles. The molecular formula is C68H60N6O6. The average Bonchev–Trinajstić information content (AvgIpc) is 3.48. The quantitative estimate of drug-likeness (QED) is 0.0435. The van der Waals surface area contributed by atoms with Crippen molar-refractivity contribution < 1.29 is 30.0 Å². The minimum atomic E-state index is -0.719. The van der Waals surface area contributed by atoms with Gasteiger partial charge in [0.05, 0.1) is 22.6 Å². The van der Waals surface area contributed by atoms with E-state index in [0.717, 1.165) is 44.5 Å². The van der Waals surface area contributed by atoms with Gasteiger partial charge in [0.15, 0.2) is 11.5 Å². The molecule has 12 heteroatoms. The first-order valence-corrected chi connectivity index (χ1v) is 26.3. The van der Waals surface area contributed by atoms with Crippen LogP contribution in [0.15, 0.2) is 193 Å². The monoisotopic (exact) mass is 1060 g/mol. The number of aliphatic hydroxyl groups excluding tert-OH is 2. The van der Waals surface area contributed by atoms with Gasteiger partial charge in [0.1, 0.15) is 11.5 Å². The number of nitrogens with two attached hydrogens (primary N) is 2. The number of anilines is 4. The van der Waals surface area contributed by atoms with Crippen molar-refractivity contribution in [3.8, 4) is 22.6 Å². The van der Waals surface area contributed by atoms with Gasteiger partial charge in [0.2, 0.25) is 11.6 Å². The lowest BCUT2D eigenvalue weighted by atomic mass is 9.75. The van der Waals surface area contributed by atoms with Gasteiger partial charge in [-0.05, 0) is 165 Å². The SMILES string of the molecule is Cc1cc2c(c(O)c1-c1c(C)cc3c(c1O)/C(=C/Nc1cccc(C(=C4C=CC(=N)C=C4)c4ccc(N)cc4)c1)C(=O)C(O)=C3C(C)C)/C(=C/Nc1cccc(C(=C3C=CC(=N)C=C3)c3ccc(N)cc3)c1)C(=O)C(O)=C2C(C)C. The van der Waals surface area contributed by atoms with Gasteiger partial charge >= 0.3 is 0 Å². The topological polar surface area (TPSA) is 239 Å². The highest BCUT2D eigenvalue weighted by atomic mass is 16.3. The Hall–Kier alpha value is -10.2. The van der Waals surface area contributed by atoms with Crippen LogP contribution in [-0.2, 0) is 9.59 Å². The zero-order valence-electron chi connectivity index (χ0n) is 45.1. The molecule has 0 atom stereocenters. The molecule has 0 fully saturated rings. The maximum atomic E-state index is 14.6. The number of allylic oxidation sites excluding steroid dienone is 14. The number of nitrogen functional groups attached to an aromatic ring is 2. The van der Waals surface area contributed by atoms with E-state index >= 15 is 0 Å². The van der Waals surface area contributed by atoms with Gasteiger partial charge in [-0.15, -0.1) is 0 Å². The fourth-order valence-electron chi connectivity index (χ4n) is 11.0. The lowest BCUT2D eigenvalue weighted by Crippen LogP contribution is -2.20. The highest BCUT2D eigenvalue weighted by Gasteiger charge is 2.39. The predicted molar refractivity (Wildman–Crippen MR) is 325 cm³/mol. The molecule has 12 nitrogen and oxygen atoms in total. The molecule has 0 saturated carbocycles. The maximum absolute atomic E-state index is 14.6. The smallest absolute Gasteiger partial charge is 0.229 e. The molecule has 0 aliphatic heterocycles. The Labute approximate surface area is 464 Å². The van der Waals surface area contributed by atoms with E-state index in [0.29, 0.717) is 67.6 Å². The van der Waals surface area contributed by atoms with Gasteiger partial charge in [-0.3, -0.25) is 9.59 Å². The molecule has 0 radical (unpaired) electrons. The Balaban J connectivity index is 1.09. The van der Waals surface area contributed by atoms with Crippen LogP contribution in [-0.4, -0.2) is 43.4 Å². The van der Waals surface area contributed by atoms with E-state index in [1.165, 1.54) is 12.4 Å². The van der Waals surface area contributed by atoms with Crippen LogP contribution in [0.1, 0.15) is 83.3 Å². The van der Waals surface area contributed by atoms with Crippen LogP contribution in [0.2, 0.25) is 0 Å². The maximum Gasteiger partial charge on any atom is 0.229 e. The minimum absolute atomic E-state index is 0.0303. The van der Waals surface area contributed by atoms with Crippen molar-refractivity contribution in [3.05, 3.63) is 249 Å². The third-order valence-electron chi connectivity index (χ3n) is 14.8. The summed E-state index contributed by atoms with van der Waals surface area (Å²) in [6.45, 7) is 11.0. The number of ketones is 2. The lowest BCUT2D eigenvalue weighted by Gasteiger charge is -2.29. The zero-order chi connectivity index (χ0) is 56.8. The van der Waals surface area contributed by atoms with Gasteiger partial charge in [-0.25, -0.2) is 0 Å². The van der Waals surface area contributed by atoms with E-state index in [1.54, 1.807) is 50.3 Å². The molecule has 0 aromatic heterocycles. The molecule has 0 bridgehead atoms. The minimum Gasteiger partial charge on any atom is -0.507 e. The third kappa shape index (κ3) is 9.79. The van der Waals surface area contributed by atoms with Crippen molar-refractivity contribution in [3.63, 3.8) is 0 Å². The number of hydrogen-bond donors (Lipinski definition) is 10. The fraction of sp³-hybridized carbons (Fsp3) is 0.118. The van der Waals surface area contributed by atoms with E-state index in [4.69, 9.17) is 22.3 Å². The molecule has 0 amide bonds. The fourth-order valence-corrected chi connectivity index (χ4v) is 11.0. The summed E-state index contributed by atoms with van der Waals surface area (Å²) in [6.07, 6.45) is 17.4. The van der Waals surface area contributed by atoms with Crippen molar-refractivity contribution >= 4 is 79.2 Å². The Morgan fingerprint density at radius 3 is 1.16 bits per heavy atom. The summed E-state index contributed by atoms with van der Waals surface area (Å²) in [5.41, 5.74) is 25.5. The number of nitrogens with one attached hydrogen (secondary N) is 4. The van der Waals surface area contributed by atoms with Crippen molar-refractivity contribution in [1.29, 1.82) is 10.8 Å². The molecule has 0 spiro atoms.